The Bertz CT molecular complexity index is 980. The van der Waals surface area contributed by atoms with Gasteiger partial charge in [0.25, 0.3) is 0 Å². The molecule has 0 saturated carbocycles. The van der Waals surface area contributed by atoms with E-state index in [4.69, 9.17) is 9.47 Å². The van der Waals surface area contributed by atoms with Crippen LogP contribution in [0, 0.1) is 5.92 Å². The van der Waals surface area contributed by atoms with Crippen LogP contribution in [0.15, 0.2) is 78.3 Å². The van der Waals surface area contributed by atoms with Crippen LogP contribution in [0.5, 0.6) is 5.75 Å². The average molecular weight is 470 g/mol. The molecule has 4 nitrogen and oxygen atoms in total. The van der Waals surface area contributed by atoms with E-state index in [1.807, 2.05) is 19.1 Å². The van der Waals surface area contributed by atoms with Gasteiger partial charge in [-0.05, 0) is 67.8 Å². The van der Waals surface area contributed by atoms with Crippen molar-refractivity contribution < 1.29 is 14.3 Å². The Kier molecular flexibility index (Phi) is 9.81. The molecule has 180 valence electrons. The number of benzene rings is 1. The Morgan fingerprint density at radius 3 is 2.42 bits per heavy atom. The third-order valence-electron chi connectivity index (χ3n) is 6.43. The van der Waals surface area contributed by atoms with E-state index >= 15 is 0 Å². The molecule has 0 radical (unpaired) electrons. The highest BCUT2D eigenvalue weighted by Gasteiger charge is 2.38. The number of nitrogens with one attached hydrogen (secondary N) is 1. The van der Waals surface area contributed by atoms with Crippen molar-refractivity contribution in [2.24, 2.45) is 5.92 Å². The smallest absolute Gasteiger partial charge is 0.227 e. The van der Waals surface area contributed by atoms with Crippen molar-refractivity contribution in [1.29, 1.82) is 0 Å². The zero-order valence-electron chi connectivity index (χ0n) is 20.2. The number of carbonyl (C=O) groups excluding carboxylic acids is 1. The number of ether oxygens (including phenoxy) is 2. The van der Waals surface area contributed by atoms with E-state index < -0.39 is 9.21 Å². The Morgan fingerprint density at radius 1 is 1.24 bits per heavy atom. The molecule has 33 heavy (non-hydrogen) atoms. The van der Waals surface area contributed by atoms with Crippen LogP contribution < -0.4 is 10.1 Å². The highest BCUT2D eigenvalue weighted by Crippen LogP contribution is 2.54. The fourth-order valence-corrected chi connectivity index (χ4v) is 6.90. The van der Waals surface area contributed by atoms with E-state index in [0.717, 1.165) is 47.8 Å². The lowest BCUT2D eigenvalue weighted by molar-refractivity contribution is -0.123. The van der Waals surface area contributed by atoms with Crippen LogP contribution in [0.3, 0.4) is 0 Å². The van der Waals surface area contributed by atoms with Crippen molar-refractivity contribution in [3.05, 3.63) is 73.4 Å². The molecule has 1 amide bonds. The van der Waals surface area contributed by atoms with Crippen LogP contribution in [0.2, 0.25) is 0 Å². The van der Waals surface area contributed by atoms with E-state index in [9.17, 15) is 4.79 Å². The van der Waals surface area contributed by atoms with Gasteiger partial charge in [0.2, 0.25) is 5.91 Å². The number of rotatable bonds is 12. The molecule has 0 bridgehead atoms. The normalized spacial score (nSPS) is 17.0. The summed E-state index contributed by atoms with van der Waals surface area (Å²) in [6.45, 7) is 18.2. The van der Waals surface area contributed by atoms with Gasteiger partial charge in [-0.25, -0.2) is 0 Å². The van der Waals surface area contributed by atoms with Crippen molar-refractivity contribution >= 4 is 26.9 Å². The van der Waals surface area contributed by atoms with Gasteiger partial charge in [0.05, 0.1) is 12.5 Å². The van der Waals surface area contributed by atoms with Gasteiger partial charge >= 0.3 is 0 Å². The van der Waals surface area contributed by atoms with E-state index in [2.05, 4.69) is 55.9 Å². The first-order valence-corrected chi connectivity index (χ1v) is 13.3. The van der Waals surface area contributed by atoms with Crippen molar-refractivity contribution in [3.63, 3.8) is 0 Å². The fourth-order valence-electron chi connectivity index (χ4n) is 4.18. The minimum atomic E-state index is -1.60. The summed E-state index contributed by atoms with van der Waals surface area (Å²) in [4.78, 5) is 13.4. The molecular weight excluding hydrogens is 430 g/mol. The molecule has 1 atom stereocenters. The third kappa shape index (κ3) is 6.30. The number of carbonyl (C=O) groups is 1. The molecule has 1 saturated heterocycles. The maximum atomic E-state index is 12.3. The highest BCUT2D eigenvalue weighted by molar-refractivity contribution is 8.29. The molecule has 2 rings (SSSR count). The summed E-state index contributed by atoms with van der Waals surface area (Å²) in [7, 11) is -1.60. The summed E-state index contributed by atoms with van der Waals surface area (Å²) in [6.07, 6.45) is 7.69. The quantitative estimate of drug-likeness (QED) is 0.186. The van der Waals surface area contributed by atoms with Crippen LogP contribution in [0.25, 0.3) is 0 Å². The highest BCUT2D eigenvalue weighted by atomic mass is 32.2. The van der Waals surface area contributed by atoms with Gasteiger partial charge in [-0.15, -0.1) is 0 Å². The lowest BCUT2D eigenvalue weighted by Crippen LogP contribution is -2.37. The molecule has 1 aromatic carbocycles. The van der Waals surface area contributed by atoms with Crippen molar-refractivity contribution in [1.82, 2.24) is 5.32 Å². The second kappa shape index (κ2) is 12.1. The van der Waals surface area contributed by atoms with E-state index in [-0.39, 0.29) is 16.6 Å². The van der Waals surface area contributed by atoms with Gasteiger partial charge in [0, 0.05) is 24.5 Å². The Labute approximate surface area is 200 Å². The van der Waals surface area contributed by atoms with Gasteiger partial charge in [0.15, 0.2) is 0 Å². The summed E-state index contributed by atoms with van der Waals surface area (Å²) in [5.74, 6) is 9.69. The molecule has 1 aliphatic heterocycles. The lowest BCUT2D eigenvalue weighted by atomic mass is 9.92. The molecule has 1 aliphatic rings. The molecular formula is C28H39NO3S. The average Bonchev–Trinajstić information content (AvgIpc) is 2.82. The predicted molar refractivity (Wildman–Crippen MR) is 145 cm³/mol. The summed E-state index contributed by atoms with van der Waals surface area (Å²) in [6, 6.07) is 8.13. The van der Waals surface area contributed by atoms with E-state index in [1.165, 1.54) is 0 Å². The van der Waals surface area contributed by atoms with E-state index in [1.54, 1.807) is 18.2 Å². The zero-order valence-corrected chi connectivity index (χ0v) is 21.1. The van der Waals surface area contributed by atoms with Gasteiger partial charge < -0.3 is 14.8 Å². The van der Waals surface area contributed by atoms with Gasteiger partial charge in [-0.2, -0.15) is 9.21 Å². The summed E-state index contributed by atoms with van der Waals surface area (Å²) < 4.78 is 11.4. The largest absolute Gasteiger partial charge is 0.494 e. The minimum Gasteiger partial charge on any atom is -0.494 e. The molecule has 1 heterocycles. The van der Waals surface area contributed by atoms with Crippen molar-refractivity contribution in [3.8, 4) is 5.75 Å². The maximum absolute atomic E-state index is 12.3. The predicted octanol–water partition coefficient (Wildman–Crippen LogP) is 5.66. The fraction of sp³-hybridized carbons (Fsp3) is 0.393. The molecule has 0 aliphatic carbocycles. The Hall–Kier alpha value is -2.50. The van der Waals surface area contributed by atoms with E-state index in [0.29, 0.717) is 19.6 Å². The third-order valence-corrected chi connectivity index (χ3v) is 9.86. The van der Waals surface area contributed by atoms with Crippen LogP contribution in [0.1, 0.15) is 33.1 Å². The molecule has 5 heteroatoms. The first-order chi connectivity index (χ1) is 15.7. The molecule has 1 N–H and O–H groups in total. The van der Waals surface area contributed by atoms with Crippen molar-refractivity contribution in [2.75, 3.05) is 26.4 Å². The summed E-state index contributed by atoms with van der Waals surface area (Å²) >= 11 is 0. The van der Waals surface area contributed by atoms with Gasteiger partial charge in [0.1, 0.15) is 5.75 Å². The van der Waals surface area contributed by atoms with Crippen molar-refractivity contribution in [2.45, 2.75) is 42.8 Å². The standard InChI is InChI=1S/C28H39NO3S/c1-8-11-24(9-2)23(5)27(30)29-18-10-19-32-25-12-14-26(15-13-25)33(6,7)28(22(3)4)16-20-31-21-17-28/h8-9,11-15,23H,1-3,6-7,10,16-21H2,4-5H3,(H,29,30)/b24-11+. The van der Waals surface area contributed by atoms with Gasteiger partial charge in [-0.3, -0.25) is 4.79 Å². The van der Waals surface area contributed by atoms with Crippen LogP contribution in [0.4, 0.5) is 0 Å². The zero-order chi connectivity index (χ0) is 24.5. The second-order valence-electron chi connectivity index (χ2n) is 8.56. The monoisotopic (exact) mass is 469 g/mol. The topological polar surface area (TPSA) is 47.6 Å². The lowest BCUT2D eigenvalue weighted by Gasteiger charge is -2.44. The number of amides is 1. The first kappa shape index (κ1) is 26.7. The Balaban J connectivity index is 1.89. The molecule has 1 aromatic rings. The Morgan fingerprint density at radius 2 is 1.88 bits per heavy atom. The summed E-state index contributed by atoms with van der Waals surface area (Å²) in [5.41, 5.74) is 1.99. The summed E-state index contributed by atoms with van der Waals surface area (Å²) in [5, 5.41) is 2.95. The SMILES string of the molecule is C=C/C=C(\C=C)C(C)C(=O)NCCCOc1ccc(S(=C)(=C)C2(C(=C)C)CCOCC2)cc1. The molecule has 1 unspecified atom stereocenters. The molecule has 1 fully saturated rings. The van der Waals surface area contributed by atoms with Crippen LogP contribution in [-0.4, -0.2) is 48.8 Å². The second-order valence-corrected chi connectivity index (χ2v) is 11.6. The molecule has 0 aromatic heterocycles. The van der Waals surface area contributed by atoms with Crippen LogP contribution >= 0.6 is 9.21 Å². The number of allylic oxidation sites excluding steroid dienone is 3. The first-order valence-electron chi connectivity index (χ1n) is 11.4. The van der Waals surface area contributed by atoms with Gasteiger partial charge in [-0.1, -0.05) is 55.3 Å². The van der Waals surface area contributed by atoms with Crippen LogP contribution in [-0.2, 0) is 9.53 Å². The minimum absolute atomic E-state index is 0.0305. The number of hydrogen-bond acceptors (Lipinski definition) is 3. The maximum Gasteiger partial charge on any atom is 0.227 e. The molecule has 0 spiro atoms. The number of hydrogen-bond donors (Lipinski definition) is 1.